The summed E-state index contributed by atoms with van der Waals surface area (Å²) in [5, 5.41) is 0. The Balaban J connectivity index is 2.69. The summed E-state index contributed by atoms with van der Waals surface area (Å²) in [6.45, 7) is 3.77. The van der Waals surface area contributed by atoms with Crippen LogP contribution in [0.1, 0.15) is 12.5 Å². The van der Waals surface area contributed by atoms with E-state index in [9.17, 15) is 0 Å². The van der Waals surface area contributed by atoms with Crippen LogP contribution in [0.25, 0.3) is 0 Å². The highest BCUT2D eigenvalue weighted by atomic mass is 15.1. The first kappa shape index (κ1) is 9.99. The number of nitrogens with two attached hydrogens (primary N) is 1. The molecule has 3 nitrogen and oxygen atoms in total. The van der Waals surface area contributed by atoms with Crippen molar-refractivity contribution in [3.8, 4) is 0 Å². The Kier molecular flexibility index (Phi) is 3.71. The van der Waals surface area contributed by atoms with Gasteiger partial charge in [0.15, 0.2) is 0 Å². The predicted octanol–water partition coefficient (Wildman–Crippen LogP) is 1.04. The highest BCUT2D eigenvalue weighted by Crippen LogP contribution is 2.08. The van der Waals surface area contributed by atoms with Gasteiger partial charge in [-0.3, -0.25) is 0 Å². The lowest BCUT2D eigenvalue weighted by atomic mass is 10.2. The molecule has 0 atom stereocenters. The number of pyridine rings is 1. The van der Waals surface area contributed by atoms with Crippen molar-refractivity contribution in [2.45, 2.75) is 13.3 Å². The lowest BCUT2D eigenvalue weighted by molar-refractivity contribution is 0.920. The molecule has 1 rings (SSSR count). The molecule has 0 spiro atoms. The van der Waals surface area contributed by atoms with E-state index in [0.29, 0.717) is 6.54 Å². The van der Waals surface area contributed by atoms with E-state index in [1.165, 1.54) is 5.56 Å². The van der Waals surface area contributed by atoms with Gasteiger partial charge in [0.2, 0.25) is 0 Å². The van der Waals surface area contributed by atoms with Crippen LogP contribution in [0.15, 0.2) is 18.3 Å². The number of aromatic nitrogens is 1. The summed E-state index contributed by atoms with van der Waals surface area (Å²) in [6.07, 6.45) is 2.80. The van der Waals surface area contributed by atoms with Crippen molar-refractivity contribution in [3.63, 3.8) is 0 Å². The third kappa shape index (κ3) is 2.70. The monoisotopic (exact) mass is 179 g/mol. The molecule has 0 saturated heterocycles. The van der Waals surface area contributed by atoms with Crippen LogP contribution in [0.4, 0.5) is 5.82 Å². The van der Waals surface area contributed by atoms with E-state index in [2.05, 4.69) is 22.9 Å². The van der Waals surface area contributed by atoms with Crippen molar-refractivity contribution >= 4 is 5.82 Å². The lowest BCUT2D eigenvalue weighted by Gasteiger charge is -2.15. The predicted molar refractivity (Wildman–Crippen MR) is 55.9 cm³/mol. The van der Waals surface area contributed by atoms with E-state index in [-0.39, 0.29) is 0 Å². The molecule has 0 bridgehead atoms. The molecule has 3 heteroatoms. The number of hydrogen-bond donors (Lipinski definition) is 1. The van der Waals surface area contributed by atoms with Gasteiger partial charge in [-0.2, -0.15) is 0 Å². The van der Waals surface area contributed by atoms with Crippen LogP contribution in [0.5, 0.6) is 0 Å². The summed E-state index contributed by atoms with van der Waals surface area (Å²) < 4.78 is 0. The van der Waals surface area contributed by atoms with Crippen molar-refractivity contribution in [2.24, 2.45) is 5.73 Å². The zero-order valence-corrected chi connectivity index (χ0v) is 8.33. The quantitative estimate of drug-likeness (QED) is 0.751. The van der Waals surface area contributed by atoms with Gasteiger partial charge in [0.1, 0.15) is 5.82 Å². The molecule has 0 aliphatic carbocycles. The maximum atomic E-state index is 5.45. The zero-order chi connectivity index (χ0) is 9.68. The lowest BCUT2D eigenvalue weighted by Crippen LogP contribution is -2.17. The normalized spacial score (nSPS) is 10.1. The molecular formula is C10H17N3. The zero-order valence-electron chi connectivity index (χ0n) is 8.33. The summed E-state index contributed by atoms with van der Waals surface area (Å²) in [7, 11) is 2.03. The maximum Gasteiger partial charge on any atom is 0.128 e. The summed E-state index contributed by atoms with van der Waals surface area (Å²) in [5.74, 6) is 1.02. The first-order valence-electron chi connectivity index (χ1n) is 4.64. The van der Waals surface area contributed by atoms with Crippen LogP contribution in [-0.2, 0) is 6.42 Å². The molecule has 0 aliphatic rings. The molecule has 0 fully saturated rings. The van der Waals surface area contributed by atoms with Gasteiger partial charge in [0.05, 0.1) is 0 Å². The smallest absolute Gasteiger partial charge is 0.128 e. The minimum atomic E-state index is 0.685. The Bertz CT molecular complexity index is 243. The Morgan fingerprint density at radius 1 is 1.46 bits per heavy atom. The largest absolute Gasteiger partial charge is 0.360 e. The van der Waals surface area contributed by atoms with Gasteiger partial charge in [-0.15, -0.1) is 0 Å². The molecule has 0 unspecified atom stereocenters. The van der Waals surface area contributed by atoms with Gasteiger partial charge in [-0.25, -0.2) is 4.98 Å². The summed E-state index contributed by atoms with van der Waals surface area (Å²) in [5.41, 5.74) is 6.65. The van der Waals surface area contributed by atoms with Crippen molar-refractivity contribution in [1.82, 2.24) is 4.98 Å². The van der Waals surface area contributed by atoms with Crippen molar-refractivity contribution in [1.29, 1.82) is 0 Å². The highest BCUT2D eigenvalue weighted by molar-refractivity contribution is 5.37. The van der Waals surface area contributed by atoms with Crippen molar-refractivity contribution in [3.05, 3.63) is 23.9 Å². The Morgan fingerprint density at radius 2 is 2.23 bits per heavy atom. The fourth-order valence-electron chi connectivity index (χ4n) is 1.12. The van der Waals surface area contributed by atoms with Crippen molar-refractivity contribution in [2.75, 3.05) is 25.0 Å². The molecular weight excluding hydrogens is 162 g/mol. The fraction of sp³-hybridized carbons (Fsp3) is 0.500. The van der Waals surface area contributed by atoms with Gasteiger partial charge >= 0.3 is 0 Å². The van der Waals surface area contributed by atoms with Crippen LogP contribution < -0.4 is 10.6 Å². The Morgan fingerprint density at radius 3 is 2.69 bits per heavy atom. The van der Waals surface area contributed by atoms with Gasteiger partial charge in [0, 0.05) is 19.8 Å². The second-order valence-corrected chi connectivity index (χ2v) is 3.08. The molecule has 1 aromatic heterocycles. The standard InChI is InChI=1S/C10H17N3/c1-3-13(2)10-5-4-9(6-7-11)8-12-10/h4-5,8H,3,6-7,11H2,1-2H3. The fourth-order valence-corrected chi connectivity index (χ4v) is 1.12. The number of anilines is 1. The molecule has 0 aromatic carbocycles. The van der Waals surface area contributed by atoms with Crippen LogP contribution in [0.3, 0.4) is 0 Å². The van der Waals surface area contributed by atoms with Crippen LogP contribution in [-0.4, -0.2) is 25.1 Å². The average molecular weight is 179 g/mol. The SMILES string of the molecule is CCN(C)c1ccc(CCN)cn1. The molecule has 2 N–H and O–H groups in total. The molecule has 0 amide bonds. The molecule has 72 valence electrons. The minimum Gasteiger partial charge on any atom is -0.360 e. The third-order valence-corrected chi connectivity index (χ3v) is 2.11. The second-order valence-electron chi connectivity index (χ2n) is 3.08. The van der Waals surface area contributed by atoms with Crippen LogP contribution in [0.2, 0.25) is 0 Å². The van der Waals surface area contributed by atoms with Crippen LogP contribution >= 0.6 is 0 Å². The number of rotatable bonds is 4. The molecule has 0 saturated carbocycles. The van der Waals surface area contributed by atoms with E-state index in [0.717, 1.165) is 18.8 Å². The summed E-state index contributed by atoms with van der Waals surface area (Å²) >= 11 is 0. The Hall–Kier alpha value is -1.09. The van der Waals surface area contributed by atoms with E-state index >= 15 is 0 Å². The highest BCUT2D eigenvalue weighted by Gasteiger charge is 1.98. The van der Waals surface area contributed by atoms with Gasteiger partial charge in [-0.05, 0) is 31.5 Å². The van der Waals surface area contributed by atoms with Gasteiger partial charge < -0.3 is 10.6 Å². The summed E-state index contributed by atoms with van der Waals surface area (Å²) in [6, 6.07) is 4.12. The maximum absolute atomic E-state index is 5.45. The molecule has 0 radical (unpaired) electrons. The molecule has 1 aromatic rings. The van der Waals surface area contributed by atoms with Gasteiger partial charge in [0.25, 0.3) is 0 Å². The van der Waals surface area contributed by atoms with E-state index in [1.54, 1.807) is 0 Å². The molecule has 0 aliphatic heterocycles. The number of hydrogen-bond acceptors (Lipinski definition) is 3. The van der Waals surface area contributed by atoms with Crippen molar-refractivity contribution < 1.29 is 0 Å². The first-order valence-corrected chi connectivity index (χ1v) is 4.64. The first-order chi connectivity index (χ1) is 6.27. The van der Waals surface area contributed by atoms with E-state index in [4.69, 9.17) is 5.73 Å². The van der Waals surface area contributed by atoms with E-state index < -0.39 is 0 Å². The van der Waals surface area contributed by atoms with Gasteiger partial charge in [-0.1, -0.05) is 6.07 Å². The average Bonchev–Trinajstić information content (AvgIpc) is 2.18. The molecule has 1 heterocycles. The number of nitrogens with zero attached hydrogens (tertiary/aromatic N) is 2. The van der Waals surface area contributed by atoms with Crippen LogP contribution in [0, 0.1) is 0 Å². The third-order valence-electron chi connectivity index (χ3n) is 2.11. The Labute approximate surface area is 79.6 Å². The second kappa shape index (κ2) is 4.82. The topological polar surface area (TPSA) is 42.1 Å². The summed E-state index contributed by atoms with van der Waals surface area (Å²) in [4.78, 5) is 6.44. The van der Waals surface area contributed by atoms with E-state index in [1.807, 2.05) is 19.3 Å². The molecule has 13 heavy (non-hydrogen) atoms. The minimum absolute atomic E-state index is 0.685.